The summed E-state index contributed by atoms with van der Waals surface area (Å²) in [4.78, 5) is 11.8. The van der Waals surface area contributed by atoms with Crippen molar-refractivity contribution in [1.29, 1.82) is 0 Å². The third-order valence-electron chi connectivity index (χ3n) is 3.15. The molecule has 0 fully saturated rings. The van der Waals surface area contributed by atoms with E-state index in [9.17, 15) is 4.79 Å². The normalized spacial score (nSPS) is 10.2. The molecule has 0 bridgehead atoms. The molecule has 2 aromatic carbocycles. The van der Waals surface area contributed by atoms with Crippen LogP contribution in [0.5, 0.6) is 0 Å². The number of esters is 1. The number of benzene rings is 2. The van der Waals surface area contributed by atoms with Gasteiger partial charge in [0.05, 0.1) is 12.7 Å². The predicted octanol–water partition coefficient (Wildman–Crippen LogP) is 3.76. The average molecular weight is 240 g/mol. The minimum Gasteiger partial charge on any atom is -0.465 e. The van der Waals surface area contributed by atoms with E-state index in [0.29, 0.717) is 5.56 Å². The van der Waals surface area contributed by atoms with E-state index in [2.05, 4.69) is 0 Å². The van der Waals surface area contributed by atoms with Crippen LogP contribution >= 0.6 is 0 Å². The second-order valence-corrected chi connectivity index (χ2v) is 4.29. The molecule has 0 aliphatic rings. The van der Waals surface area contributed by atoms with Gasteiger partial charge in [-0.15, -0.1) is 0 Å². The van der Waals surface area contributed by atoms with Gasteiger partial charge in [-0.05, 0) is 36.1 Å². The van der Waals surface area contributed by atoms with Gasteiger partial charge in [0.1, 0.15) is 0 Å². The molecule has 0 spiro atoms. The zero-order valence-corrected chi connectivity index (χ0v) is 10.9. The Hall–Kier alpha value is -2.09. The minimum atomic E-state index is -0.275. The first kappa shape index (κ1) is 12.4. The van der Waals surface area contributed by atoms with Gasteiger partial charge < -0.3 is 4.74 Å². The number of carbonyl (C=O) groups is 1. The Morgan fingerprint density at radius 2 is 1.67 bits per heavy atom. The van der Waals surface area contributed by atoms with E-state index in [1.807, 2.05) is 56.3 Å². The molecule has 18 heavy (non-hydrogen) atoms. The number of hydrogen-bond donors (Lipinski definition) is 0. The second-order valence-electron chi connectivity index (χ2n) is 4.29. The van der Waals surface area contributed by atoms with E-state index in [1.165, 1.54) is 7.11 Å². The molecule has 2 nitrogen and oxygen atoms in total. The highest BCUT2D eigenvalue weighted by molar-refractivity contribution is 5.95. The van der Waals surface area contributed by atoms with Crippen LogP contribution in [0, 0.1) is 13.8 Å². The molecule has 0 heterocycles. The van der Waals surface area contributed by atoms with Crippen LogP contribution in [0.2, 0.25) is 0 Å². The first-order valence-corrected chi connectivity index (χ1v) is 5.89. The summed E-state index contributed by atoms with van der Waals surface area (Å²) in [6.45, 7) is 3.88. The van der Waals surface area contributed by atoms with Crippen LogP contribution < -0.4 is 0 Å². The lowest BCUT2D eigenvalue weighted by molar-refractivity contribution is 0.0599. The topological polar surface area (TPSA) is 26.3 Å². The number of rotatable bonds is 2. The second kappa shape index (κ2) is 5.05. The number of aryl methyl sites for hydroxylation is 1. The molecule has 2 rings (SSSR count). The smallest absolute Gasteiger partial charge is 0.338 e. The SMILES string of the molecule is COC(=O)c1c(C)ccc(-c2ccccc2)c1C. The molecule has 92 valence electrons. The maximum atomic E-state index is 11.8. The van der Waals surface area contributed by atoms with E-state index < -0.39 is 0 Å². The van der Waals surface area contributed by atoms with Gasteiger partial charge in [-0.1, -0.05) is 42.5 Å². The molecule has 0 aliphatic heterocycles. The molecule has 0 N–H and O–H groups in total. The van der Waals surface area contributed by atoms with Gasteiger partial charge in [0, 0.05) is 0 Å². The summed E-state index contributed by atoms with van der Waals surface area (Å²) in [5.74, 6) is -0.275. The fourth-order valence-corrected chi connectivity index (χ4v) is 2.19. The van der Waals surface area contributed by atoms with Crippen LogP contribution in [0.1, 0.15) is 21.5 Å². The summed E-state index contributed by atoms with van der Waals surface area (Å²) in [6.07, 6.45) is 0. The van der Waals surface area contributed by atoms with Gasteiger partial charge in [-0.25, -0.2) is 4.79 Å². The summed E-state index contributed by atoms with van der Waals surface area (Å²) >= 11 is 0. The maximum Gasteiger partial charge on any atom is 0.338 e. The molecule has 0 amide bonds. The van der Waals surface area contributed by atoms with Gasteiger partial charge in [-0.2, -0.15) is 0 Å². The summed E-state index contributed by atoms with van der Waals surface area (Å²) in [5.41, 5.74) is 4.76. The lowest BCUT2D eigenvalue weighted by atomic mass is 9.93. The van der Waals surface area contributed by atoms with Crippen molar-refractivity contribution in [2.75, 3.05) is 7.11 Å². The number of methoxy groups -OCH3 is 1. The van der Waals surface area contributed by atoms with Gasteiger partial charge >= 0.3 is 5.97 Å². The maximum absolute atomic E-state index is 11.8. The summed E-state index contributed by atoms with van der Waals surface area (Å²) in [6, 6.07) is 14.1. The zero-order chi connectivity index (χ0) is 13.1. The Balaban J connectivity index is 2.62. The standard InChI is InChI=1S/C16H16O2/c1-11-9-10-14(13-7-5-4-6-8-13)12(2)15(11)16(17)18-3/h4-10H,1-3H3. The number of ether oxygens (including phenoxy) is 1. The van der Waals surface area contributed by atoms with Crippen molar-refractivity contribution >= 4 is 5.97 Å². The number of carbonyl (C=O) groups excluding carboxylic acids is 1. The van der Waals surface area contributed by atoms with Crippen molar-refractivity contribution in [3.05, 3.63) is 59.2 Å². The fraction of sp³-hybridized carbons (Fsp3) is 0.188. The van der Waals surface area contributed by atoms with Crippen LogP contribution in [0.3, 0.4) is 0 Å². The molecule has 0 saturated carbocycles. The third kappa shape index (κ3) is 2.14. The fourth-order valence-electron chi connectivity index (χ4n) is 2.19. The third-order valence-corrected chi connectivity index (χ3v) is 3.15. The van der Waals surface area contributed by atoms with E-state index in [0.717, 1.165) is 22.3 Å². The highest BCUT2D eigenvalue weighted by Crippen LogP contribution is 2.28. The van der Waals surface area contributed by atoms with Crippen LogP contribution in [-0.4, -0.2) is 13.1 Å². The molecule has 2 aromatic rings. The quantitative estimate of drug-likeness (QED) is 0.747. The Labute approximate surface area is 107 Å². The van der Waals surface area contributed by atoms with Gasteiger partial charge in [0.25, 0.3) is 0 Å². The first-order chi connectivity index (χ1) is 8.65. The Kier molecular flexibility index (Phi) is 3.47. The van der Waals surface area contributed by atoms with Crippen LogP contribution in [0.25, 0.3) is 11.1 Å². The van der Waals surface area contributed by atoms with Crippen molar-refractivity contribution in [3.8, 4) is 11.1 Å². The highest BCUT2D eigenvalue weighted by atomic mass is 16.5. The molecule has 0 unspecified atom stereocenters. The summed E-state index contributed by atoms with van der Waals surface area (Å²) < 4.78 is 4.85. The Morgan fingerprint density at radius 1 is 1.00 bits per heavy atom. The van der Waals surface area contributed by atoms with Crippen molar-refractivity contribution in [3.63, 3.8) is 0 Å². The Morgan fingerprint density at radius 3 is 2.28 bits per heavy atom. The van der Waals surface area contributed by atoms with E-state index in [4.69, 9.17) is 4.74 Å². The van der Waals surface area contributed by atoms with Crippen molar-refractivity contribution in [2.24, 2.45) is 0 Å². The van der Waals surface area contributed by atoms with Gasteiger partial charge in [0.15, 0.2) is 0 Å². The largest absolute Gasteiger partial charge is 0.465 e. The van der Waals surface area contributed by atoms with Crippen molar-refractivity contribution in [1.82, 2.24) is 0 Å². The molecule has 0 atom stereocenters. The van der Waals surface area contributed by atoms with Crippen LogP contribution in [0.15, 0.2) is 42.5 Å². The van der Waals surface area contributed by atoms with E-state index in [1.54, 1.807) is 0 Å². The molecule has 0 aliphatic carbocycles. The first-order valence-electron chi connectivity index (χ1n) is 5.89. The van der Waals surface area contributed by atoms with Crippen molar-refractivity contribution < 1.29 is 9.53 Å². The van der Waals surface area contributed by atoms with E-state index in [-0.39, 0.29) is 5.97 Å². The number of hydrogen-bond acceptors (Lipinski definition) is 2. The zero-order valence-electron chi connectivity index (χ0n) is 10.9. The molecule has 0 aromatic heterocycles. The van der Waals surface area contributed by atoms with Crippen LogP contribution in [-0.2, 0) is 4.74 Å². The van der Waals surface area contributed by atoms with Crippen molar-refractivity contribution in [2.45, 2.75) is 13.8 Å². The Bertz CT molecular complexity index is 571. The highest BCUT2D eigenvalue weighted by Gasteiger charge is 2.15. The molecule has 0 saturated heterocycles. The molecular formula is C16H16O2. The average Bonchev–Trinajstić information content (AvgIpc) is 2.39. The summed E-state index contributed by atoms with van der Waals surface area (Å²) in [7, 11) is 1.41. The molecular weight excluding hydrogens is 224 g/mol. The van der Waals surface area contributed by atoms with Crippen LogP contribution in [0.4, 0.5) is 0 Å². The lowest BCUT2D eigenvalue weighted by Crippen LogP contribution is -2.07. The predicted molar refractivity (Wildman–Crippen MR) is 72.7 cm³/mol. The van der Waals surface area contributed by atoms with E-state index >= 15 is 0 Å². The molecule has 0 radical (unpaired) electrons. The lowest BCUT2D eigenvalue weighted by Gasteiger charge is -2.12. The van der Waals surface area contributed by atoms with Gasteiger partial charge in [-0.3, -0.25) is 0 Å². The minimum absolute atomic E-state index is 0.275. The summed E-state index contributed by atoms with van der Waals surface area (Å²) in [5, 5.41) is 0. The molecule has 2 heteroatoms. The monoisotopic (exact) mass is 240 g/mol. The van der Waals surface area contributed by atoms with Gasteiger partial charge in [0.2, 0.25) is 0 Å².